The monoisotopic (exact) mass is 267 g/mol. The van der Waals surface area contributed by atoms with E-state index in [-0.39, 0.29) is 24.0 Å². The maximum Gasteiger partial charge on any atom is 0.299 e. The summed E-state index contributed by atoms with van der Waals surface area (Å²) < 4.78 is 0. The molecule has 0 amide bonds. The number of nitro benzene ring substituents is 2. The standard InChI is InChI=1S/C11H13N3O5/c15-7-9-2-1-5-12(9)10-4-3-8(13(16)17)6-11(10)14(18)19/h3-4,6,9,15H,1-2,5,7H2/t9-/m1/s1. The number of hydrogen-bond acceptors (Lipinski definition) is 6. The largest absolute Gasteiger partial charge is 0.394 e. The van der Waals surface area contributed by atoms with Crippen LogP contribution in [0.4, 0.5) is 17.1 Å². The molecular weight excluding hydrogens is 254 g/mol. The first-order chi connectivity index (χ1) is 9.04. The predicted octanol–water partition coefficient (Wildman–Crippen LogP) is 1.46. The molecule has 1 aromatic rings. The summed E-state index contributed by atoms with van der Waals surface area (Å²) in [5.74, 6) is 0. The Kier molecular flexibility index (Phi) is 3.61. The highest BCUT2D eigenvalue weighted by molar-refractivity contribution is 5.67. The molecule has 19 heavy (non-hydrogen) atoms. The molecule has 0 spiro atoms. The third kappa shape index (κ3) is 2.48. The average molecular weight is 267 g/mol. The SMILES string of the molecule is O=[N+]([O-])c1ccc(N2CCC[C@@H]2CO)c([N+](=O)[O-])c1. The number of aliphatic hydroxyl groups is 1. The summed E-state index contributed by atoms with van der Waals surface area (Å²) in [6.45, 7) is 0.512. The molecule has 0 bridgehead atoms. The van der Waals surface area contributed by atoms with Gasteiger partial charge in [0.1, 0.15) is 5.69 Å². The van der Waals surface area contributed by atoms with Crippen molar-refractivity contribution in [2.45, 2.75) is 18.9 Å². The van der Waals surface area contributed by atoms with Crippen molar-refractivity contribution < 1.29 is 15.0 Å². The van der Waals surface area contributed by atoms with Crippen LogP contribution in [0.1, 0.15) is 12.8 Å². The minimum Gasteiger partial charge on any atom is -0.394 e. The van der Waals surface area contributed by atoms with Gasteiger partial charge in [-0.1, -0.05) is 0 Å². The van der Waals surface area contributed by atoms with Crippen LogP contribution >= 0.6 is 0 Å². The lowest BCUT2D eigenvalue weighted by Crippen LogP contribution is -2.32. The van der Waals surface area contributed by atoms with E-state index in [4.69, 9.17) is 0 Å². The van der Waals surface area contributed by atoms with Crippen LogP contribution in [0.3, 0.4) is 0 Å². The first-order valence-corrected chi connectivity index (χ1v) is 5.85. The number of nitro groups is 2. The van der Waals surface area contributed by atoms with Gasteiger partial charge in [0.2, 0.25) is 0 Å². The summed E-state index contributed by atoms with van der Waals surface area (Å²) in [7, 11) is 0. The third-order valence-corrected chi connectivity index (χ3v) is 3.26. The molecule has 0 aliphatic carbocycles. The fourth-order valence-electron chi connectivity index (χ4n) is 2.36. The van der Waals surface area contributed by atoms with Crippen LogP contribution in [0.25, 0.3) is 0 Å². The summed E-state index contributed by atoms with van der Waals surface area (Å²) >= 11 is 0. The highest BCUT2D eigenvalue weighted by Crippen LogP contribution is 2.35. The van der Waals surface area contributed by atoms with Gasteiger partial charge < -0.3 is 10.0 Å². The smallest absolute Gasteiger partial charge is 0.299 e. The lowest BCUT2D eigenvalue weighted by molar-refractivity contribution is -0.393. The molecule has 1 N–H and O–H groups in total. The highest BCUT2D eigenvalue weighted by atomic mass is 16.6. The second-order valence-corrected chi connectivity index (χ2v) is 4.36. The van der Waals surface area contributed by atoms with Crippen LogP contribution in [0.5, 0.6) is 0 Å². The molecule has 2 rings (SSSR count). The third-order valence-electron chi connectivity index (χ3n) is 3.26. The average Bonchev–Trinajstić information content (AvgIpc) is 2.85. The summed E-state index contributed by atoms with van der Waals surface area (Å²) in [6.07, 6.45) is 1.59. The van der Waals surface area contributed by atoms with E-state index in [1.807, 2.05) is 0 Å². The van der Waals surface area contributed by atoms with Crippen LogP contribution in [-0.4, -0.2) is 34.1 Å². The van der Waals surface area contributed by atoms with Crippen molar-refractivity contribution in [2.24, 2.45) is 0 Å². The fraction of sp³-hybridized carbons (Fsp3) is 0.455. The Balaban J connectivity index is 2.45. The normalized spacial score (nSPS) is 18.6. The minimum atomic E-state index is -0.662. The van der Waals surface area contributed by atoms with E-state index in [1.165, 1.54) is 12.1 Å². The topological polar surface area (TPSA) is 110 Å². The van der Waals surface area contributed by atoms with Crippen LogP contribution in [0.2, 0.25) is 0 Å². The molecule has 0 aromatic heterocycles. The molecule has 0 saturated carbocycles. The molecule has 0 radical (unpaired) electrons. The van der Waals surface area contributed by atoms with Crippen molar-refractivity contribution >= 4 is 17.1 Å². The van der Waals surface area contributed by atoms with Crippen LogP contribution < -0.4 is 4.90 Å². The van der Waals surface area contributed by atoms with Crippen LogP contribution in [0.15, 0.2) is 18.2 Å². The Morgan fingerprint density at radius 1 is 1.32 bits per heavy atom. The minimum absolute atomic E-state index is 0.0891. The zero-order valence-electron chi connectivity index (χ0n) is 10.1. The lowest BCUT2D eigenvalue weighted by atomic mass is 10.2. The summed E-state index contributed by atoms with van der Waals surface area (Å²) in [6, 6.07) is 3.42. The lowest BCUT2D eigenvalue weighted by Gasteiger charge is -2.24. The van der Waals surface area contributed by atoms with E-state index in [0.29, 0.717) is 12.2 Å². The molecule has 1 aromatic carbocycles. The summed E-state index contributed by atoms with van der Waals surface area (Å²) in [5, 5.41) is 31.0. The van der Waals surface area contributed by atoms with Gasteiger partial charge >= 0.3 is 0 Å². The second-order valence-electron chi connectivity index (χ2n) is 4.36. The zero-order chi connectivity index (χ0) is 14.0. The van der Waals surface area contributed by atoms with Gasteiger partial charge in [-0.2, -0.15) is 0 Å². The van der Waals surface area contributed by atoms with Gasteiger partial charge in [-0.3, -0.25) is 20.2 Å². The molecule has 1 saturated heterocycles. The number of benzene rings is 1. The number of aliphatic hydroxyl groups excluding tert-OH is 1. The Morgan fingerprint density at radius 2 is 2.05 bits per heavy atom. The van der Waals surface area contributed by atoms with Crippen LogP contribution in [-0.2, 0) is 0 Å². The van der Waals surface area contributed by atoms with Crippen LogP contribution in [0, 0.1) is 20.2 Å². The molecule has 8 nitrogen and oxygen atoms in total. The Hall–Kier alpha value is -2.22. The summed E-state index contributed by atoms with van der Waals surface area (Å²) in [5.41, 5.74) is -0.281. The fourth-order valence-corrected chi connectivity index (χ4v) is 2.36. The maximum atomic E-state index is 11.0. The van der Waals surface area contributed by atoms with Crippen molar-refractivity contribution in [1.82, 2.24) is 0 Å². The van der Waals surface area contributed by atoms with Crippen molar-refractivity contribution in [3.05, 3.63) is 38.4 Å². The Labute approximate surface area is 108 Å². The van der Waals surface area contributed by atoms with E-state index in [1.54, 1.807) is 4.90 Å². The number of non-ortho nitro benzene ring substituents is 1. The molecular formula is C11H13N3O5. The molecule has 1 atom stereocenters. The van der Waals surface area contributed by atoms with Crippen molar-refractivity contribution in [3.8, 4) is 0 Å². The van der Waals surface area contributed by atoms with E-state index < -0.39 is 9.85 Å². The van der Waals surface area contributed by atoms with E-state index in [0.717, 1.165) is 18.9 Å². The first-order valence-electron chi connectivity index (χ1n) is 5.85. The molecule has 102 valence electrons. The molecule has 1 fully saturated rings. The molecule has 8 heteroatoms. The maximum absolute atomic E-state index is 11.0. The number of anilines is 1. The molecule has 1 aliphatic rings. The second kappa shape index (κ2) is 5.19. The van der Waals surface area contributed by atoms with Crippen molar-refractivity contribution in [2.75, 3.05) is 18.1 Å². The zero-order valence-corrected chi connectivity index (χ0v) is 10.1. The molecule has 0 unspecified atom stereocenters. The van der Waals surface area contributed by atoms with Gasteiger partial charge in [0, 0.05) is 12.6 Å². The van der Waals surface area contributed by atoms with Gasteiger partial charge in [-0.15, -0.1) is 0 Å². The van der Waals surface area contributed by atoms with Gasteiger partial charge in [-0.05, 0) is 18.9 Å². The predicted molar refractivity (Wildman–Crippen MR) is 67.2 cm³/mol. The van der Waals surface area contributed by atoms with Crippen molar-refractivity contribution in [1.29, 1.82) is 0 Å². The molecule has 1 heterocycles. The quantitative estimate of drug-likeness (QED) is 0.653. The summed E-state index contributed by atoms with van der Waals surface area (Å²) in [4.78, 5) is 22.1. The number of rotatable bonds is 4. The number of hydrogen-bond donors (Lipinski definition) is 1. The van der Waals surface area contributed by atoms with E-state index >= 15 is 0 Å². The van der Waals surface area contributed by atoms with E-state index in [9.17, 15) is 25.3 Å². The van der Waals surface area contributed by atoms with Gasteiger partial charge in [0.15, 0.2) is 0 Å². The van der Waals surface area contributed by atoms with Gasteiger partial charge in [0.25, 0.3) is 11.4 Å². The molecule has 1 aliphatic heterocycles. The Bertz CT molecular complexity index is 519. The van der Waals surface area contributed by atoms with Crippen molar-refractivity contribution in [3.63, 3.8) is 0 Å². The Morgan fingerprint density at radius 3 is 2.63 bits per heavy atom. The van der Waals surface area contributed by atoms with Gasteiger partial charge in [0.05, 0.1) is 28.6 Å². The van der Waals surface area contributed by atoms with E-state index in [2.05, 4.69) is 0 Å². The van der Waals surface area contributed by atoms with Gasteiger partial charge in [-0.25, -0.2) is 0 Å². The first kappa shape index (κ1) is 13.2. The number of nitrogens with zero attached hydrogens (tertiary/aromatic N) is 3. The highest BCUT2D eigenvalue weighted by Gasteiger charge is 2.30.